The van der Waals surface area contributed by atoms with Gasteiger partial charge in [0.25, 0.3) is 0 Å². The highest BCUT2D eigenvalue weighted by molar-refractivity contribution is 7.89. The van der Waals surface area contributed by atoms with E-state index in [1.54, 1.807) is 12.1 Å². The van der Waals surface area contributed by atoms with Crippen molar-refractivity contribution in [3.05, 3.63) is 54.1 Å². The summed E-state index contributed by atoms with van der Waals surface area (Å²) in [5, 5.41) is 4.19. The average molecular weight is 388 g/mol. The van der Waals surface area contributed by atoms with Crippen molar-refractivity contribution in [3.63, 3.8) is 0 Å². The van der Waals surface area contributed by atoms with Gasteiger partial charge in [-0.2, -0.15) is 4.31 Å². The molecule has 0 aromatic heterocycles. The molecule has 0 aliphatic carbocycles. The van der Waals surface area contributed by atoms with Crippen molar-refractivity contribution < 1.29 is 22.7 Å². The third-order valence-electron chi connectivity index (χ3n) is 4.93. The van der Waals surface area contributed by atoms with Gasteiger partial charge in [0.2, 0.25) is 10.0 Å². The third-order valence-corrected chi connectivity index (χ3v) is 6.78. The predicted molar refractivity (Wildman–Crippen MR) is 99.6 cm³/mol. The normalized spacial score (nSPS) is 22.1. The largest absolute Gasteiger partial charge is 0.497 e. The topological polar surface area (TPSA) is 77.4 Å². The van der Waals surface area contributed by atoms with Crippen LogP contribution in [0.25, 0.3) is 0 Å². The van der Waals surface area contributed by atoms with E-state index in [1.807, 2.05) is 30.3 Å². The minimum Gasteiger partial charge on any atom is -0.497 e. The summed E-state index contributed by atoms with van der Waals surface area (Å²) in [4.78, 5) is 5.62. The van der Waals surface area contributed by atoms with Crippen molar-refractivity contribution in [2.75, 3.05) is 27.3 Å². The maximum atomic E-state index is 13.3. The third kappa shape index (κ3) is 3.04. The summed E-state index contributed by atoms with van der Waals surface area (Å²) < 4.78 is 38.4. The van der Waals surface area contributed by atoms with Gasteiger partial charge in [0.05, 0.1) is 32.4 Å². The van der Waals surface area contributed by atoms with E-state index in [-0.39, 0.29) is 29.2 Å². The predicted octanol–water partition coefficient (Wildman–Crippen LogP) is 2.13. The highest BCUT2D eigenvalue weighted by Crippen LogP contribution is 2.36. The Balaban J connectivity index is 1.63. The number of hydrogen-bond donors (Lipinski definition) is 0. The van der Waals surface area contributed by atoms with Crippen molar-refractivity contribution >= 4 is 15.7 Å². The number of hydrogen-bond acceptors (Lipinski definition) is 6. The number of nitrogens with zero attached hydrogens (tertiary/aromatic N) is 2. The Labute approximate surface area is 158 Å². The molecule has 0 amide bonds. The summed E-state index contributed by atoms with van der Waals surface area (Å²) in [6.45, 7) is 0.550. The molecule has 2 aliphatic heterocycles. The van der Waals surface area contributed by atoms with E-state index in [0.29, 0.717) is 12.3 Å². The maximum Gasteiger partial charge on any atom is 0.247 e. The molecule has 2 heterocycles. The van der Waals surface area contributed by atoms with Crippen LogP contribution >= 0.6 is 0 Å². The molecule has 1 fully saturated rings. The molecule has 0 spiro atoms. The van der Waals surface area contributed by atoms with Gasteiger partial charge in [0.15, 0.2) is 6.10 Å². The van der Waals surface area contributed by atoms with Crippen LogP contribution in [-0.4, -0.2) is 51.8 Å². The molecule has 2 atom stereocenters. The molecule has 7 nitrogen and oxygen atoms in total. The molecule has 2 aromatic carbocycles. The van der Waals surface area contributed by atoms with Crippen LogP contribution in [0.5, 0.6) is 11.5 Å². The molecule has 2 aliphatic rings. The van der Waals surface area contributed by atoms with Crippen molar-refractivity contribution in [1.82, 2.24) is 4.31 Å². The Hall–Kier alpha value is -2.58. The first-order valence-corrected chi connectivity index (χ1v) is 10.00. The first-order valence-electron chi connectivity index (χ1n) is 8.56. The number of oxime groups is 1. The Morgan fingerprint density at radius 1 is 1.07 bits per heavy atom. The van der Waals surface area contributed by atoms with Crippen molar-refractivity contribution in [3.8, 4) is 11.5 Å². The molecule has 2 unspecified atom stereocenters. The summed E-state index contributed by atoms with van der Waals surface area (Å²) in [5.74, 6) is 0.640. The first kappa shape index (κ1) is 17.8. The molecule has 0 radical (unpaired) electrons. The van der Waals surface area contributed by atoms with Crippen LogP contribution < -0.4 is 9.47 Å². The van der Waals surface area contributed by atoms with Gasteiger partial charge in [-0.25, -0.2) is 8.42 Å². The zero-order valence-corrected chi connectivity index (χ0v) is 15.8. The molecular weight excluding hydrogens is 368 g/mol. The van der Waals surface area contributed by atoms with Gasteiger partial charge in [-0.3, -0.25) is 0 Å². The molecule has 4 rings (SSSR count). The molecule has 1 saturated heterocycles. The number of ether oxygens (including phenoxy) is 2. The second-order valence-corrected chi connectivity index (χ2v) is 8.34. The SMILES string of the molecule is COc1ccc(OC)c(S(=O)(=O)N2CC3ON=C(c4ccccc4)C3C2)c1. The average Bonchev–Trinajstić information content (AvgIpc) is 3.29. The Morgan fingerprint density at radius 3 is 2.56 bits per heavy atom. The zero-order chi connectivity index (χ0) is 19.0. The monoisotopic (exact) mass is 388 g/mol. The van der Waals surface area contributed by atoms with Crippen molar-refractivity contribution in [2.24, 2.45) is 11.1 Å². The van der Waals surface area contributed by atoms with E-state index in [4.69, 9.17) is 14.3 Å². The zero-order valence-electron chi connectivity index (χ0n) is 15.0. The van der Waals surface area contributed by atoms with Gasteiger partial charge in [0.1, 0.15) is 16.4 Å². The summed E-state index contributed by atoms with van der Waals surface area (Å²) in [5.41, 5.74) is 1.74. The van der Waals surface area contributed by atoms with Gasteiger partial charge >= 0.3 is 0 Å². The minimum atomic E-state index is -3.77. The van der Waals surface area contributed by atoms with Crippen LogP contribution in [-0.2, 0) is 14.9 Å². The molecule has 27 heavy (non-hydrogen) atoms. The molecule has 2 aromatic rings. The van der Waals surface area contributed by atoms with E-state index in [2.05, 4.69) is 5.16 Å². The van der Waals surface area contributed by atoms with Crippen LogP contribution in [0.4, 0.5) is 0 Å². The molecular formula is C19H20N2O5S. The lowest BCUT2D eigenvalue weighted by atomic mass is 9.95. The van der Waals surface area contributed by atoms with Crippen LogP contribution in [0.1, 0.15) is 5.56 Å². The summed E-state index contributed by atoms with van der Waals surface area (Å²) >= 11 is 0. The standard InChI is InChI=1S/C19H20N2O5S/c1-24-14-8-9-16(25-2)18(10-14)27(22,23)21-11-15-17(12-21)26-20-19(15)13-6-4-3-5-7-13/h3-10,15,17H,11-12H2,1-2H3. The smallest absolute Gasteiger partial charge is 0.247 e. The first-order chi connectivity index (χ1) is 13.0. The van der Waals surface area contributed by atoms with Crippen LogP contribution in [0.2, 0.25) is 0 Å². The summed E-state index contributed by atoms with van der Waals surface area (Å²) in [6.07, 6.45) is -0.286. The molecule has 0 saturated carbocycles. The van der Waals surface area contributed by atoms with Gasteiger partial charge in [-0.05, 0) is 17.7 Å². The number of sulfonamides is 1. The quantitative estimate of drug-likeness (QED) is 0.784. The number of fused-ring (bicyclic) bond motifs is 1. The van der Waals surface area contributed by atoms with Crippen LogP contribution in [0.3, 0.4) is 0 Å². The summed E-state index contributed by atoms with van der Waals surface area (Å²) in [6, 6.07) is 14.4. The van der Waals surface area contributed by atoms with Gasteiger partial charge in [-0.1, -0.05) is 35.5 Å². The lowest BCUT2D eigenvalue weighted by molar-refractivity contribution is 0.0803. The Bertz CT molecular complexity index is 975. The highest BCUT2D eigenvalue weighted by atomic mass is 32.2. The molecule has 142 valence electrons. The Kier molecular flexibility index (Phi) is 4.53. The molecule has 0 N–H and O–H groups in total. The number of benzene rings is 2. The Morgan fingerprint density at radius 2 is 1.85 bits per heavy atom. The van der Waals surface area contributed by atoms with Crippen LogP contribution in [0.15, 0.2) is 58.6 Å². The minimum absolute atomic E-state index is 0.0857. The maximum absolute atomic E-state index is 13.3. The van der Waals surface area contributed by atoms with E-state index >= 15 is 0 Å². The van der Waals surface area contributed by atoms with E-state index in [1.165, 1.54) is 24.6 Å². The second kappa shape index (κ2) is 6.86. The summed E-state index contributed by atoms with van der Waals surface area (Å²) in [7, 11) is -0.826. The number of methoxy groups -OCH3 is 2. The fraction of sp³-hybridized carbons (Fsp3) is 0.316. The van der Waals surface area contributed by atoms with Gasteiger partial charge in [0, 0.05) is 12.6 Å². The van der Waals surface area contributed by atoms with Crippen molar-refractivity contribution in [2.45, 2.75) is 11.0 Å². The van der Waals surface area contributed by atoms with Crippen LogP contribution in [0, 0.1) is 5.92 Å². The lowest BCUT2D eigenvalue weighted by Gasteiger charge is -2.19. The molecule has 0 bridgehead atoms. The highest BCUT2D eigenvalue weighted by Gasteiger charge is 2.47. The lowest BCUT2D eigenvalue weighted by Crippen LogP contribution is -2.31. The fourth-order valence-electron chi connectivity index (χ4n) is 3.50. The van der Waals surface area contributed by atoms with Gasteiger partial charge < -0.3 is 14.3 Å². The number of rotatable bonds is 5. The second-order valence-electron chi connectivity index (χ2n) is 6.43. The fourth-order valence-corrected chi connectivity index (χ4v) is 5.15. The van der Waals surface area contributed by atoms with E-state index in [0.717, 1.165) is 11.3 Å². The van der Waals surface area contributed by atoms with E-state index in [9.17, 15) is 8.42 Å². The molecule has 8 heteroatoms. The van der Waals surface area contributed by atoms with Crippen molar-refractivity contribution in [1.29, 1.82) is 0 Å². The van der Waals surface area contributed by atoms with E-state index < -0.39 is 10.0 Å². The van der Waals surface area contributed by atoms with Gasteiger partial charge in [-0.15, -0.1) is 0 Å².